The second-order valence-corrected chi connectivity index (χ2v) is 9.57. The maximum atomic E-state index is 12.4. The summed E-state index contributed by atoms with van der Waals surface area (Å²) in [5, 5.41) is 11.5. The quantitative estimate of drug-likeness (QED) is 0.570. The molecule has 154 valence electrons. The fraction of sp³-hybridized carbons (Fsp3) is 0.550. The van der Waals surface area contributed by atoms with Crippen LogP contribution in [-0.4, -0.2) is 48.7 Å². The van der Waals surface area contributed by atoms with Crippen molar-refractivity contribution in [3.05, 3.63) is 34.9 Å². The van der Waals surface area contributed by atoms with Crippen molar-refractivity contribution in [2.24, 2.45) is 0 Å². The maximum absolute atomic E-state index is 12.4. The summed E-state index contributed by atoms with van der Waals surface area (Å²) in [4.78, 5) is 35.7. The Morgan fingerprint density at radius 3 is 2.43 bits per heavy atom. The van der Waals surface area contributed by atoms with Gasteiger partial charge in [-0.15, -0.1) is 0 Å². The van der Waals surface area contributed by atoms with Gasteiger partial charge in [0.15, 0.2) is 5.78 Å². The zero-order valence-corrected chi connectivity index (χ0v) is 16.9. The van der Waals surface area contributed by atoms with Crippen molar-refractivity contribution in [2.45, 2.75) is 57.9 Å². The van der Waals surface area contributed by atoms with E-state index in [4.69, 9.17) is 0 Å². The molecular formula is C20H27NO6S. The molecule has 28 heavy (non-hydrogen) atoms. The number of aryl methyl sites for hydroxylation is 2. The first-order valence-corrected chi connectivity index (χ1v) is 11.4. The predicted octanol–water partition coefficient (Wildman–Crippen LogP) is 1.92. The minimum absolute atomic E-state index is 0.0236. The number of benzene rings is 1. The molecule has 0 aliphatic heterocycles. The van der Waals surface area contributed by atoms with Gasteiger partial charge in [0.25, 0.3) is 0 Å². The first-order chi connectivity index (χ1) is 13.2. The second kappa shape index (κ2) is 9.82. The molecule has 0 fully saturated rings. The number of amides is 1. The number of sulfone groups is 1. The van der Waals surface area contributed by atoms with Crippen LogP contribution in [0.5, 0.6) is 0 Å². The van der Waals surface area contributed by atoms with Gasteiger partial charge in [-0.25, -0.2) is 13.2 Å². The van der Waals surface area contributed by atoms with E-state index in [1.54, 1.807) is 6.07 Å². The van der Waals surface area contributed by atoms with Crippen molar-refractivity contribution in [3.8, 4) is 0 Å². The normalized spacial score (nSPS) is 14.8. The number of rotatable bonds is 10. The molecule has 0 heterocycles. The molecule has 0 aromatic heterocycles. The van der Waals surface area contributed by atoms with Crippen molar-refractivity contribution in [3.63, 3.8) is 0 Å². The Hall–Kier alpha value is -2.22. The summed E-state index contributed by atoms with van der Waals surface area (Å²) in [6.45, 7) is 1.48. The van der Waals surface area contributed by atoms with E-state index < -0.39 is 27.8 Å². The second-order valence-electron chi connectivity index (χ2n) is 7.10. The minimum atomic E-state index is -3.32. The smallest absolute Gasteiger partial charge is 0.326 e. The summed E-state index contributed by atoms with van der Waals surface area (Å²) in [5.74, 6) is -2.42. The Bertz CT molecular complexity index is 846. The highest BCUT2D eigenvalue weighted by molar-refractivity contribution is 7.91. The molecule has 0 saturated carbocycles. The number of carboxylic acid groups (broad SMARTS) is 1. The van der Waals surface area contributed by atoms with Gasteiger partial charge in [-0.3, -0.25) is 9.59 Å². The van der Waals surface area contributed by atoms with Crippen LogP contribution in [0.4, 0.5) is 0 Å². The zero-order valence-electron chi connectivity index (χ0n) is 16.1. The maximum Gasteiger partial charge on any atom is 0.326 e. The third-order valence-electron chi connectivity index (χ3n) is 5.04. The average Bonchev–Trinajstić information content (AvgIpc) is 2.68. The molecule has 7 nitrogen and oxygen atoms in total. The molecule has 1 unspecified atom stereocenters. The van der Waals surface area contributed by atoms with Crippen LogP contribution in [0.2, 0.25) is 0 Å². The summed E-state index contributed by atoms with van der Waals surface area (Å²) < 4.78 is 23.1. The number of carboxylic acids is 1. The topological polar surface area (TPSA) is 118 Å². The lowest BCUT2D eigenvalue weighted by Crippen LogP contribution is -2.42. The molecule has 1 aromatic rings. The van der Waals surface area contributed by atoms with E-state index in [0.29, 0.717) is 5.56 Å². The zero-order chi connectivity index (χ0) is 20.7. The molecule has 0 spiro atoms. The Morgan fingerprint density at radius 1 is 1.11 bits per heavy atom. The highest BCUT2D eigenvalue weighted by atomic mass is 32.2. The number of hydrogen-bond donors (Lipinski definition) is 2. The Labute approximate surface area is 165 Å². The van der Waals surface area contributed by atoms with Crippen LogP contribution in [-0.2, 0) is 32.3 Å². The van der Waals surface area contributed by atoms with Crippen LogP contribution < -0.4 is 5.32 Å². The van der Waals surface area contributed by atoms with Gasteiger partial charge in [-0.2, -0.15) is 0 Å². The number of Topliss-reactive ketones (excluding diaryl/α,β-unsaturated/α-hetero) is 1. The number of ketones is 1. The third-order valence-corrected chi connectivity index (χ3v) is 6.78. The fourth-order valence-corrected chi connectivity index (χ4v) is 4.13. The van der Waals surface area contributed by atoms with Gasteiger partial charge in [0.05, 0.1) is 5.75 Å². The van der Waals surface area contributed by atoms with Crippen molar-refractivity contribution in [1.82, 2.24) is 5.32 Å². The van der Waals surface area contributed by atoms with Crippen LogP contribution in [0.15, 0.2) is 18.2 Å². The minimum Gasteiger partial charge on any atom is -0.480 e. The van der Waals surface area contributed by atoms with Gasteiger partial charge < -0.3 is 10.4 Å². The molecule has 0 bridgehead atoms. The fourth-order valence-electron chi connectivity index (χ4n) is 3.24. The Kier molecular flexibility index (Phi) is 7.74. The number of aliphatic carboxylic acids is 1. The lowest BCUT2D eigenvalue weighted by Gasteiger charge is -2.16. The molecule has 8 heteroatoms. The summed E-state index contributed by atoms with van der Waals surface area (Å²) in [6, 6.07) is 4.36. The van der Waals surface area contributed by atoms with Crippen molar-refractivity contribution >= 4 is 27.5 Å². The van der Waals surface area contributed by atoms with Crippen LogP contribution in [0, 0.1) is 0 Å². The van der Waals surface area contributed by atoms with E-state index in [9.17, 15) is 27.9 Å². The number of hydrogen-bond acceptors (Lipinski definition) is 5. The van der Waals surface area contributed by atoms with E-state index >= 15 is 0 Å². The highest BCUT2D eigenvalue weighted by Gasteiger charge is 2.23. The van der Waals surface area contributed by atoms with Gasteiger partial charge in [-0.1, -0.05) is 19.1 Å². The van der Waals surface area contributed by atoms with Crippen LogP contribution >= 0.6 is 0 Å². The molecule has 0 saturated heterocycles. The molecular weight excluding hydrogens is 382 g/mol. The molecule has 0 radical (unpaired) electrons. The van der Waals surface area contributed by atoms with Gasteiger partial charge in [0, 0.05) is 24.2 Å². The molecule has 1 aliphatic carbocycles. The number of nitrogens with one attached hydrogen (secondary N) is 1. The van der Waals surface area contributed by atoms with E-state index in [-0.39, 0.29) is 36.6 Å². The molecule has 1 atom stereocenters. The van der Waals surface area contributed by atoms with Crippen LogP contribution in [0.3, 0.4) is 0 Å². The summed E-state index contributed by atoms with van der Waals surface area (Å²) in [7, 11) is -3.32. The van der Waals surface area contributed by atoms with E-state index in [0.717, 1.165) is 25.7 Å². The highest BCUT2D eigenvalue weighted by Crippen LogP contribution is 2.23. The molecule has 1 amide bonds. The van der Waals surface area contributed by atoms with Crippen LogP contribution in [0.25, 0.3) is 0 Å². The van der Waals surface area contributed by atoms with E-state index in [2.05, 4.69) is 5.32 Å². The molecule has 1 aliphatic rings. The SMILES string of the molecule is CCS(=O)(=O)CCC(NC(=O)CCC(=O)c1ccc2c(c1)CCCC2)C(=O)O. The summed E-state index contributed by atoms with van der Waals surface area (Å²) in [6.07, 6.45) is 3.89. The molecule has 1 aromatic carbocycles. The van der Waals surface area contributed by atoms with Crippen molar-refractivity contribution in [2.75, 3.05) is 11.5 Å². The van der Waals surface area contributed by atoms with Crippen LogP contribution in [0.1, 0.15) is 60.5 Å². The Morgan fingerprint density at radius 2 is 1.79 bits per heavy atom. The van der Waals surface area contributed by atoms with E-state index in [1.165, 1.54) is 18.1 Å². The molecule has 2 N–H and O–H groups in total. The standard InChI is InChI=1S/C20H27NO6S/c1-2-28(26,27)12-11-17(20(24)25)21-19(23)10-9-18(22)16-8-7-14-5-3-4-6-15(14)13-16/h7-8,13,17H,2-6,9-12H2,1H3,(H,21,23)(H,24,25). The predicted molar refractivity (Wildman–Crippen MR) is 105 cm³/mol. The van der Waals surface area contributed by atoms with Gasteiger partial charge in [-0.05, 0) is 49.3 Å². The first kappa shape index (κ1) is 22.1. The lowest BCUT2D eigenvalue weighted by atomic mass is 9.89. The molecule has 2 rings (SSSR count). The number of carbonyl (C=O) groups excluding carboxylic acids is 2. The Balaban J connectivity index is 1.87. The largest absolute Gasteiger partial charge is 0.480 e. The first-order valence-electron chi connectivity index (χ1n) is 9.59. The van der Waals surface area contributed by atoms with Gasteiger partial charge in [0.2, 0.25) is 5.91 Å². The lowest BCUT2D eigenvalue weighted by molar-refractivity contribution is -0.141. The average molecular weight is 410 g/mol. The monoisotopic (exact) mass is 409 g/mol. The van der Waals surface area contributed by atoms with Gasteiger partial charge in [0.1, 0.15) is 15.9 Å². The summed E-state index contributed by atoms with van der Waals surface area (Å²) >= 11 is 0. The van der Waals surface area contributed by atoms with Crippen molar-refractivity contribution < 1.29 is 27.9 Å². The number of fused-ring (bicyclic) bond motifs is 1. The van der Waals surface area contributed by atoms with Crippen molar-refractivity contribution in [1.29, 1.82) is 0 Å². The van der Waals surface area contributed by atoms with E-state index in [1.807, 2.05) is 12.1 Å². The third kappa shape index (κ3) is 6.44. The van der Waals surface area contributed by atoms with Gasteiger partial charge >= 0.3 is 5.97 Å². The number of carbonyl (C=O) groups is 3. The summed E-state index contributed by atoms with van der Waals surface area (Å²) in [5.41, 5.74) is 3.02.